The Morgan fingerprint density at radius 1 is 1.00 bits per heavy atom. The second kappa shape index (κ2) is 10.5. The standard InChI is InChI=1S/C27H32N4O/c1-3-15-31-17-16-30(20-25-9-6-7-21(2)29-25)19-24(27(31)32)18-23-8-4-5-10-26(23)22-11-13-28-14-12-22/h4-14,24H,3,15-20H2,1-2H3/t24-/m0/s1. The molecule has 0 radical (unpaired) electrons. The number of aromatic nitrogens is 2. The lowest BCUT2D eigenvalue weighted by Gasteiger charge is -2.24. The highest BCUT2D eigenvalue weighted by atomic mass is 16.2. The summed E-state index contributed by atoms with van der Waals surface area (Å²) in [7, 11) is 0. The second-order valence-electron chi connectivity index (χ2n) is 8.62. The molecule has 1 amide bonds. The van der Waals surface area contributed by atoms with E-state index in [0.29, 0.717) is 0 Å². The molecule has 3 heterocycles. The van der Waals surface area contributed by atoms with Gasteiger partial charge in [0, 0.05) is 50.8 Å². The molecule has 2 aromatic heterocycles. The van der Waals surface area contributed by atoms with Crippen LogP contribution < -0.4 is 0 Å². The number of benzene rings is 1. The second-order valence-corrected chi connectivity index (χ2v) is 8.62. The number of amides is 1. The van der Waals surface area contributed by atoms with Gasteiger partial charge in [-0.25, -0.2) is 0 Å². The van der Waals surface area contributed by atoms with Gasteiger partial charge >= 0.3 is 0 Å². The fourth-order valence-corrected chi connectivity index (χ4v) is 4.59. The van der Waals surface area contributed by atoms with Crippen LogP contribution in [-0.2, 0) is 17.8 Å². The number of pyridine rings is 2. The van der Waals surface area contributed by atoms with Crippen molar-refractivity contribution in [2.75, 3.05) is 26.2 Å². The molecule has 1 atom stereocenters. The molecule has 5 nitrogen and oxygen atoms in total. The van der Waals surface area contributed by atoms with Crippen molar-refractivity contribution in [3.05, 3.63) is 83.9 Å². The highest BCUT2D eigenvalue weighted by molar-refractivity contribution is 5.80. The summed E-state index contributed by atoms with van der Waals surface area (Å²) in [6.07, 6.45) is 5.35. The average molecular weight is 429 g/mol. The Bertz CT molecular complexity index is 1040. The molecule has 32 heavy (non-hydrogen) atoms. The largest absolute Gasteiger partial charge is 0.341 e. The Labute approximate surface area is 191 Å². The first-order valence-electron chi connectivity index (χ1n) is 11.6. The van der Waals surface area contributed by atoms with Crippen LogP contribution >= 0.6 is 0 Å². The van der Waals surface area contributed by atoms with Crippen molar-refractivity contribution in [1.82, 2.24) is 19.8 Å². The summed E-state index contributed by atoms with van der Waals surface area (Å²) in [5.41, 5.74) is 5.63. The van der Waals surface area contributed by atoms with E-state index >= 15 is 0 Å². The number of hydrogen-bond donors (Lipinski definition) is 0. The number of hydrogen-bond acceptors (Lipinski definition) is 4. The molecule has 0 bridgehead atoms. The number of carbonyl (C=O) groups is 1. The topological polar surface area (TPSA) is 49.3 Å². The molecule has 5 heteroatoms. The van der Waals surface area contributed by atoms with Crippen molar-refractivity contribution < 1.29 is 4.79 Å². The molecule has 1 aliphatic heterocycles. The van der Waals surface area contributed by atoms with Gasteiger partial charge in [-0.05, 0) is 60.7 Å². The van der Waals surface area contributed by atoms with E-state index in [2.05, 4.69) is 63.1 Å². The van der Waals surface area contributed by atoms with Gasteiger partial charge in [0.05, 0.1) is 11.6 Å². The van der Waals surface area contributed by atoms with Gasteiger partial charge in [0.1, 0.15) is 0 Å². The fraction of sp³-hybridized carbons (Fsp3) is 0.370. The molecule has 1 fully saturated rings. The molecule has 0 N–H and O–H groups in total. The predicted molar refractivity (Wildman–Crippen MR) is 128 cm³/mol. The highest BCUT2D eigenvalue weighted by Gasteiger charge is 2.30. The number of rotatable bonds is 7. The Hall–Kier alpha value is -3.05. The van der Waals surface area contributed by atoms with E-state index in [1.165, 1.54) is 11.1 Å². The quantitative estimate of drug-likeness (QED) is 0.561. The molecule has 166 valence electrons. The summed E-state index contributed by atoms with van der Waals surface area (Å²) >= 11 is 0. The molecule has 0 aliphatic carbocycles. The Kier molecular flexibility index (Phi) is 7.28. The molecule has 1 aliphatic rings. The Balaban J connectivity index is 1.59. The van der Waals surface area contributed by atoms with Crippen LogP contribution in [-0.4, -0.2) is 51.9 Å². The summed E-state index contributed by atoms with van der Waals surface area (Å²) < 4.78 is 0. The van der Waals surface area contributed by atoms with Crippen LogP contribution in [0.3, 0.4) is 0 Å². The summed E-state index contributed by atoms with van der Waals surface area (Å²) in [5, 5.41) is 0. The van der Waals surface area contributed by atoms with Crippen LogP contribution in [0.4, 0.5) is 0 Å². The monoisotopic (exact) mass is 428 g/mol. The zero-order chi connectivity index (χ0) is 22.3. The minimum absolute atomic E-state index is 0.0724. The van der Waals surface area contributed by atoms with E-state index < -0.39 is 0 Å². The normalized spacial score (nSPS) is 17.4. The van der Waals surface area contributed by atoms with Crippen LogP contribution in [0.25, 0.3) is 11.1 Å². The predicted octanol–water partition coefficient (Wildman–Crippen LogP) is 4.37. The van der Waals surface area contributed by atoms with Crippen molar-refractivity contribution in [3.8, 4) is 11.1 Å². The lowest BCUT2D eigenvalue weighted by molar-refractivity contribution is -0.134. The summed E-state index contributed by atoms with van der Waals surface area (Å²) in [6, 6.07) is 18.7. The zero-order valence-electron chi connectivity index (χ0n) is 19.1. The van der Waals surface area contributed by atoms with Crippen LogP contribution in [0.2, 0.25) is 0 Å². The van der Waals surface area contributed by atoms with Gasteiger partial charge in [0.15, 0.2) is 0 Å². The van der Waals surface area contributed by atoms with Gasteiger partial charge in [-0.1, -0.05) is 37.3 Å². The van der Waals surface area contributed by atoms with Gasteiger partial charge in [-0.15, -0.1) is 0 Å². The summed E-state index contributed by atoms with van der Waals surface area (Å²) in [4.78, 5) is 26.8. The van der Waals surface area contributed by atoms with E-state index in [1.54, 1.807) is 0 Å². The molecule has 0 saturated carbocycles. The Morgan fingerprint density at radius 3 is 2.59 bits per heavy atom. The molecular weight excluding hydrogens is 396 g/mol. The minimum atomic E-state index is -0.0724. The lowest BCUT2D eigenvalue weighted by atomic mass is 9.91. The van der Waals surface area contributed by atoms with Crippen molar-refractivity contribution in [2.45, 2.75) is 33.2 Å². The zero-order valence-corrected chi connectivity index (χ0v) is 19.1. The SMILES string of the molecule is CCCN1CCN(Cc2cccc(C)n2)C[C@H](Cc2ccccc2-c2ccncc2)C1=O. The van der Waals surface area contributed by atoms with Crippen molar-refractivity contribution in [1.29, 1.82) is 0 Å². The highest BCUT2D eigenvalue weighted by Crippen LogP contribution is 2.27. The smallest absolute Gasteiger partial charge is 0.227 e. The molecule has 0 unspecified atom stereocenters. The molecule has 4 rings (SSSR count). The van der Waals surface area contributed by atoms with E-state index in [1.807, 2.05) is 37.5 Å². The average Bonchev–Trinajstić information content (AvgIpc) is 2.94. The first-order valence-corrected chi connectivity index (χ1v) is 11.6. The molecule has 1 aromatic carbocycles. The van der Waals surface area contributed by atoms with Gasteiger partial charge in [-0.2, -0.15) is 0 Å². The number of aryl methyl sites for hydroxylation is 1. The van der Waals surface area contributed by atoms with Crippen molar-refractivity contribution >= 4 is 5.91 Å². The maximum Gasteiger partial charge on any atom is 0.227 e. The molecule has 0 spiro atoms. The third-order valence-corrected chi connectivity index (χ3v) is 6.13. The van der Waals surface area contributed by atoms with Crippen LogP contribution in [0.15, 0.2) is 67.0 Å². The third-order valence-electron chi connectivity index (χ3n) is 6.13. The van der Waals surface area contributed by atoms with Gasteiger partial charge in [0.2, 0.25) is 5.91 Å². The maximum absolute atomic E-state index is 13.5. The fourth-order valence-electron chi connectivity index (χ4n) is 4.59. The number of nitrogens with zero attached hydrogens (tertiary/aromatic N) is 4. The number of carbonyl (C=O) groups excluding carboxylic acids is 1. The molecule has 3 aromatic rings. The van der Waals surface area contributed by atoms with E-state index in [-0.39, 0.29) is 11.8 Å². The van der Waals surface area contributed by atoms with Crippen molar-refractivity contribution in [2.24, 2.45) is 5.92 Å². The van der Waals surface area contributed by atoms with Gasteiger partial charge < -0.3 is 4.90 Å². The third kappa shape index (κ3) is 5.40. The summed E-state index contributed by atoms with van der Waals surface area (Å²) in [6.45, 7) is 8.16. The summed E-state index contributed by atoms with van der Waals surface area (Å²) in [5.74, 6) is 0.202. The van der Waals surface area contributed by atoms with Crippen LogP contribution in [0.5, 0.6) is 0 Å². The minimum Gasteiger partial charge on any atom is -0.341 e. The van der Waals surface area contributed by atoms with E-state index in [9.17, 15) is 4.79 Å². The first kappa shape index (κ1) is 22.2. The first-order chi connectivity index (χ1) is 15.6. The molecule has 1 saturated heterocycles. The van der Waals surface area contributed by atoms with Gasteiger partial charge in [0.25, 0.3) is 0 Å². The molecular formula is C27H32N4O. The van der Waals surface area contributed by atoms with Crippen molar-refractivity contribution in [3.63, 3.8) is 0 Å². The lowest BCUT2D eigenvalue weighted by Crippen LogP contribution is -2.37. The van der Waals surface area contributed by atoms with Crippen LogP contribution in [0, 0.1) is 12.8 Å². The van der Waals surface area contributed by atoms with Gasteiger partial charge in [-0.3, -0.25) is 19.7 Å². The maximum atomic E-state index is 13.5. The van der Waals surface area contributed by atoms with E-state index in [4.69, 9.17) is 0 Å². The Morgan fingerprint density at radius 2 is 1.81 bits per heavy atom. The van der Waals surface area contributed by atoms with Crippen LogP contribution in [0.1, 0.15) is 30.3 Å². The van der Waals surface area contributed by atoms with E-state index in [0.717, 1.165) is 62.5 Å².